The van der Waals surface area contributed by atoms with Crippen LogP contribution < -0.4 is 39.9 Å². The van der Waals surface area contributed by atoms with Gasteiger partial charge in [0.25, 0.3) is 0 Å². The second kappa shape index (κ2) is 10.0. The summed E-state index contributed by atoms with van der Waals surface area (Å²) in [5.74, 6) is 1.31. The highest BCUT2D eigenvalue weighted by Crippen LogP contribution is 2.47. The van der Waals surface area contributed by atoms with Crippen LogP contribution in [0, 0.1) is 0 Å². The van der Waals surface area contributed by atoms with E-state index in [1.165, 1.54) is 42.7 Å². The zero-order valence-electron chi connectivity index (χ0n) is 18.1. The molecule has 0 fully saturated rings. The summed E-state index contributed by atoms with van der Waals surface area (Å²) >= 11 is 0. The van der Waals surface area contributed by atoms with E-state index in [2.05, 4.69) is 0 Å². The summed E-state index contributed by atoms with van der Waals surface area (Å²) in [4.78, 5) is 13.8. The van der Waals surface area contributed by atoms with Gasteiger partial charge in [-0.25, -0.2) is 0 Å². The molecule has 164 valence electrons. The van der Waals surface area contributed by atoms with Crippen LogP contribution in [0.4, 0.5) is 0 Å². The Morgan fingerprint density at radius 2 is 0.967 bits per heavy atom. The molecule has 2 aromatic rings. The minimum absolute atomic E-state index is 0.0609. The largest absolute Gasteiger partial charge is 0.493 e. The highest BCUT2D eigenvalue weighted by Gasteiger charge is 2.31. The number of benzene rings is 2. The Bertz CT molecular complexity index is 855. The lowest BCUT2D eigenvalue weighted by molar-refractivity contribution is 0.102. The van der Waals surface area contributed by atoms with Gasteiger partial charge in [0.05, 0.1) is 53.8 Å². The second-order valence-electron chi connectivity index (χ2n) is 6.10. The summed E-state index contributed by atoms with van der Waals surface area (Å²) in [6, 6.07) is 3.29. The molecule has 0 aromatic heterocycles. The summed E-state index contributed by atoms with van der Waals surface area (Å²) in [5.41, 5.74) is 13.3. The minimum Gasteiger partial charge on any atom is -0.493 e. The summed E-state index contributed by atoms with van der Waals surface area (Å²) in [6.07, 6.45) is 0. The average Bonchev–Trinajstić information content (AvgIpc) is 2.79. The molecule has 2 rings (SSSR count). The lowest BCUT2D eigenvalue weighted by atomic mass is 9.92. The Morgan fingerprint density at radius 1 is 0.633 bits per heavy atom. The summed E-state index contributed by atoms with van der Waals surface area (Å²) in [6.45, 7) is 0.122. The fraction of sp³-hybridized carbons (Fsp3) is 0.381. The zero-order valence-corrected chi connectivity index (χ0v) is 18.1. The molecule has 0 bridgehead atoms. The van der Waals surface area contributed by atoms with E-state index >= 15 is 0 Å². The Morgan fingerprint density at radius 3 is 1.20 bits per heavy atom. The predicted octanol–water partition coefficient (Wildman–Crippen LogP) is 1.89. The number of hydrogen-bond donors (Lipinski definition) is 2. The van der Waals surface area contributed by atoms with Crippen LogP contribution in [0.5, 0.6) is 34.5 Å². The van der Waals surface area contributed by atoms with Crippen LogP contribution in [-0.2, 0) is 13.1 Å². The standard InChI is InChI=1S/C21H28N2O7/c1-25-13-7-11(9-22)15(20(29-5)18(13)27-3)17(24)16-12(10-23)8-14(26-2)19(28-4)21(16)30-6/h7-8H,9-10,22-23H2,1-6H3. The molecule has 0 spiro atoms. The quantitative estimate of drug-likeness (QED) is 0.554. The topological polar surface area (TPSA) is 124 Å². The van der Waals surface area contributed by atoms with Crippen LogP contribution in [0.3, 0.4) is 0 Å². The molecule has 0 aliphatic rings. The highest BCUT2D eigenvalue weighted by molar-refractivity contribution is 6.15. The Kier molecular flexibility index (Phi) is 7.73. The number of carbonyl (C=O) groups excluding carboxylic acids is 1. The summed E-state index contributed by atoms with van der Waals surface area (Å²) in [7, 11) is 8.76. The third-order valence-electron chi connectivity index (χ3n) is 4.72. The van der Waals surface area contributed by atoms with Crippen molar-refractivity contribution in [1.82, 2.24) is 0 Å². The van der Waals surface area contributed by atoms with Crippen molar-refractivity contribution in [2.24, 2.45) is 11.5 Å². The summed E-state index contributed by atoms with van der Waals surface area (Å²) < 4.78 is 32.7. The molecule has 2 aromatic carbocycles. The lowest BCUT2D eigenvalue weighted by Crippen LogP contribution is -2.17. The van der Waals surface area contributed by atoms with Gasteiger partial charge in [-0.1, -0.05) is 0 Å². The molecule has 0 saturated carbocycles. The number of ketones is 1. The van der Waals surface area contributed by atoms with Crippen LogP contribution in [0.15, 0.2) is 12.1 Å². The number of hydrogen-bond acceptors (Lipinski definition) is 9. The first-order chi connectivity index (χ1) is 14.5. The average molecular weight is 420 g/mol. The maximum Gasteiger partial charge on any atom is 0.204 e. The molecule has 30 heavy (non-hydrogen) atoms. The van der Waals surface area contributed by atoms with Crippen molar-refractivity contribution < 1.29 is 33.2 Å². The van der Waals surface area contributed by atoms with Crippen LogP contribution in [0.1, 0.15) is 27.0 Å². The number of rotatable bonds is 10. The lowest BCUT2D eigenvalue weighted by Gasteiger charge is -2.22. The van der Waals surface area contributed by atoms with Gasteiger partial charge < -0.3 is 39.9 Å². The Labute approximate surface area is 175 Å². The first-order valence-corrected chi connectivity index (χ1v) is 9.06. The zero-order chi connectivity index (χ0) is 22.4. The van der Waals surface area contributed by atoms with E-state index in [4.69, 9.17) is 39.9 Å². The first kappa shape index (κ1) is 23.1. The molecule has 9 nitrogen and oxygen atoms in total. The van der Waals surface area contributed by atoms with Gasteiger partial charge in [0, 0.05) is 13.1 Å². The fourth-order valence-electron chi connectivity index (χ4n) is 3.36. The molecule has 0 heterocycles. The van der Waals surface area contributed by atoms with E-state index in [1.54, 1.807) is 12.1 Å². The molecule has 0 saturated heterocycles. The number of methoxy groups -OCH3 is 6. The molecule has 0 aliphatic carbocycles. The fourth-order valence-corrected chi connectivity index (χ4v) is 3.36. The van der Waals surface area contributed by atoms with Gasteiger partial charge in [-0.15, -0.1) is 0 Å². The van der Waals surface area contributed by atoms with Gasteiger partial charge in [0.15, 0.2) is 23.0 Å². The van der Waals surface area contributed by atoms with Crippen LogP contribution in [0.25, 0.3) is 0 Å². The Balaban J connectivity index is 2.93. The highest BCUT2D eigenvalue weighted by atomic mass is 16.5. The Hall–Kier alpha value is -3.17. The molecule has 9 heteroatoms. The molecule has 0 radical (unpaired) electrons. The van der Waals surface area contributed by atoms with Gasteiger partial charge in [-0.05, 0) is 23.3 Å². The molecule has 0 amide bonds. The molecule has 0 atom stereocenters. The normalized spacial score (nSPS) is 10.4. The molecular formula is C21H28N2O7. The van der Waals surface area contributed by atoms with E-state index < -0.39 is 5.78 Å². The van der Waals surface area contributed by atoms with E-state index in [9.17, 15) is 4.79 Å². The van der Waals surface area contributed by atoms with E-state index in [-0.39, 0.29) is 47.2 Å². The molecule has 0 aliphatic heterocycles. The van der Waals surface area contributed by atoms with E-state index in [1.807, 2.05) is 0 Å². The first-order valence-electron chi connectivity index (χ1n) is 9.06. The van der Waals surface area contributed by atoms with E-state index in [0.29, 0.717) is 22.6 Å². The van der Waals surface area contributed by atoms with Crippen molar-refractivity contribution in [1.29, 1.82) is 0 Å². The number of carbonyl (C=O) groups is 1. The predicted molar refractivity (Wildman–Crippen MR) is 111 cm³/mol. The SMILES string of the molecule is COc1cc(CN)c(C(=O)c2c(CN)cc(OC)c(OC)c2OC)c(OC)c1OC. The number of nitrogens with two attached hydrogens (primary N) is 2. The number of ether oxygens (including phenoxy) is 6. The van der Waals surface area contributed by atoms with Crippen LogP contribution in [-0.4, -0.2) is 48.4 Å². The smallest absolute Gasteiger partial charge is 0.204 e. The molecule has 0 unspecified atom stereocenters. The maximum absolute atomic E-state index is 13.8. The van der Waals surface area contributed by atoms with Crippen molar-refractivity contribution in [2.45, 2.75) is 13.1 Å². The monoisotopic (exact) mass is 420 g/mol. The van der Waals surface area contributed by atoms with Crippen molar-refractivity contribution in [3.63, 3.8) is 0 Å². The van der Waals surface area contributed by atoms with Crippen molar-refractivity contribution >= 4 is 5.78 Å². The third-order valence-corrected chi connectivity index (χ3v) is 4.72. The molecular weight excluding hydrogens is 392 g/mol. The van der Waals surface area contributed by atoms with Crippen molar-refractivity contribution in [3.05, 3.63) is 34.4 Å². The van der Waals surface area contributed by atoms with Crippen LogP contribution in [0.2, 0.25) is 0 Å². The second-order valence-corrected chi connectivity index (χ2v) is 6.10. The van der Waals surface area contributed by atoms with Gasteiger partial charge >= 0.3 is 0 Å². The maximum atomic E-state index is 13.8. The van der Waals surface area contributed by atoms with Gasteiger partial charge in [-0.3, -0.25) is 4.79 Å². The van der Waals surface area contributed by atoms with Crippen LogP contribution >= 0.6 is 0 Å². The molecule has 4 N–H and O–H groups in total. The minimum atomic E-state index is -0.411. The van der Waals surface area contributed by atoms with Gasteiger partial charge in [0.2, 0.25) is 17.3 Å². The van der Waals surface area contributed by atoms with Crippen molar-refractivity contribution in [3.8, 4) is 34.5 Å². The third kappa shape index (κ3) is 3.81. The van der Waals surface area contributed by atoms with Crippen molar-refractivity contribution in [2.75, 3.05) is 42.7 Å². The summed E-state index contributed by atoms with van der Waals surface area (Å²) in [5, 5.41) is 0. The van der Waals surface area contributed by atoms with Gasteiger partial charge in [0.1, 0.15) is 0 Å². The van der Waals surface area contributed by atoms with E-state index in [0.717, 1.165) is 0 Å². The van der Waals surface area contributed by atoms with Gasteiger partial charge in [-0.2, -0.15) is 0 Å².